The third-order valence-corrected chi connectivity index (χ3v) is 5.00. The van der Waals surface area contributed by atoms with E-state index in [2.05, 4.69) is 47.2 Å². The Bertz CT molecular complexity index is 715. The van der Waals surface area contributed by atoms with Crippen molar-refractivity contribution in [2.75, 3.05) is 6.54 Å². The number of thiazole rings is 1. The molecule has 0 unspecified atom stereocenters. The SMILES string of the molecule is Cc1cccc(CSc2nc3sccn3c2CCN)c1. The molecule has 3 nitrogen and oxygen atoms in total. The van der Waals surface area contributed by atoms with E-state index in [4.69, 9.17) is 10.7 Å². The Labute approximate surface area is 126 Å². The van der Waals surface area contributed by atoms with E-state index in [1.807, 2.05) is 0 Å². The first-order valence-corrected chi connectivity index (χ1v) is 8.47. The number of imidazole rings is 1. The minimum atomic E-state index is 0.654. The number of aromatic nitrogens is 2. The van der Waals surface area contributed by atoms with E-state index >= 15 is 0 Å². The summed E-state index contributed by atoms with van der Waals surface area (Å²) < 4.78 is 2.16. The first-order chi connectivity index (χ1) is 9.78. The van der Waals surface area contributed by atoms with E-state index in [9.17, 15) is 0 Å². The van der Waals surface area contributed by atoms with Gasteiger partial charge in [-0.1, -0.05) is 41.6 Å². The highest BCUT2D eigenvalue weighted by atomic mass is 32.2. The smallest absolute Gasteiger partial charge is 0.194 e. The Morgan fingerprint density at radius 2 is 2.30 bits per heavy atom. The number of thioether (sulfide) groups is 1. The molecule has 2 heterocycles. The molecule has 0 bridgehead atoms. The number of aryl methyl sites for hydroxylation is 1. The molecular formula is C15H17N3S2. The summed E-state index contributed by atoms with van der Waals surface area (Å²) in [5, 5.41) is 3.18. The van der Waals surface area contributed by atoms with Crippen molar-refractivity contribution < 1.29 is 0 Å². The van der Waals surface area contributed by atoms with Crippen molar-refractivity contribution in [2.24, 2.45) is 5.73 Å². The number of benzene rings is 1. The Kier molecular flexibility index (Phi) is 4.10. The molecule has 0 spiro atoms. The van der Waals surface area contributed by atoms with Gasteiger partial charge in [0.15, 0.2) is 4.96 Å². The van der Waals surface area contributed by atoms with E-state index in [1.165, 1.54) is 16.8 Å². The molecule has 2 N–H and O–H groups in total. The van der Waals surface area contributed by atoms with Crippen LogP contribution in [0.25, 0.3) is 4.96 Å². The van der Waals surface area contributed by atoms with Crippen LogP contribution in [0.5, 0.6) is 0 Å². The third kappa shape index (κ3) is 2.75. The molecule has 20 heavy (non-hydrogen) atoms. The molecule has 2 aromatic heterocycles. The molecule has 0 radical (unpaired) electrons. The minimum Gasteiger partial charge on any atom is -0.330 e. The van der Waals surface area contributed by atoms with Gasteiger partial charge in [-0.25, -0.2) is 4.98 Å². The van der Waals surface area contributed by atoms with Gasteiger partial charge in [0, 0.05) is 23.8 Å². The second kappa shape index (κ2) is 5.99. The van der Waals surface area contributed by atoms with Crippen LogP contribution in [-0.2, 0) is 12.2 Å². The number of nitrogens with zero attached hydrogens (tertiary/aromatic N) is 2. The first kappa shape index (κ1) is 13.7. The largest absolute Gasteiger partial charge is 0.330 e. The van der Waals surface area contributed by atoms with E-state index in [0.717, 1.165) is 22.2 Å². The fourth-order valence-electron chi connectivity index (χ4n) is 2.25. The lowest BCUT2D eigenvalue weighted by atomic mass is 10.2. The Morgan fingerprint density at radius 3 is 3.10 bits per heavy atom. The molecule has 0 atom stereocenters. The van der Waals surface area contributed by atoms with Crippen LogP contribution in [-0.4, -0.2) is 15.9 Å². The summed E-state index contributed by atoms with van der Waals surface area (Å²) in [7, 11) is 0. The van der Waals surface area contributed by atoms with Crippen LogP contribution in [0.1, 0.15) is 16.8 Å². The summed E-state index contributed by atoms with van der Waals surface area (Å²) in [4.78, 5) is 5.77. The first-order valence-electron chi connectivity index (χ1n) is 6.61. The van der Waals surface area contributed by atoms with E-state index in [1.54, 1.807) is 23.1 Å². The second-order valence-electron chi connectivity index (χ2n) is 4.74. The molecule has 3 aromatic rings. The number of rotatable bonds is 5. The lowest BCUT2D eigenvalue weighted by Gasteiger charge is -2.04. The highest BCUT2D eigenvalue weighted by Crippen LogP contribution is 2.28. The maximum Gasteiger partial charge on any atom is 0.194 e. The van der Waals surface area contributed by atoms with Gasteiger partial charge in [0.25, 0.3) is 0 Å². The summed E-state index contributed by atoms with van der Waals surface area (Å²) in [6, 6.07) is 8.63. The maximum absolute atomic E-state index is 5.73. The molecule has 104 valence electrons. The molecular weight excluding hydrogens is 286 g/mol. The zero-order chi connectivity index (χ0) is 13.9. The highest BCUT2D eigenvalue weighted by Gasteiger charge is 2.12. The van der Waals surface area contributed by atoms with E-state index < -0.39 is 0 Å². The predicted octanol–water partition coefficient (Wildman–Crippen LogP) is 3.50. The van der Waals surface area contributed by atoms with Crippen molar-refractivity contribution >= 4 is 28.1 Å². The average molecular weight is 303 g/mol. The van der Waals surface area contributed by atoms with Gasteiger partial charge in [-0.15, -0.1) is 11.3 Å². The molecule has 0 fully saturated rings. The van der Waals surface area contributed by atoms with Crippen molar-refractivity contribution in [2.45, 2.75) is 24.1 Å². The third-order valence-electron chi connectivity index (χ3n) is 3.16. The number of hydrogen-bond acceptors (Lipinski definition) is 4. The van der Waals surface area contributed by atoms with Crippen molar-refractivity contribution in [1.29, 1.82) is 0 Å². The van der Waals surface area contributed by atoms with Gasteiger partial charge in [0.05, 0.1) is 5.69 Å². The Balaban J connectivity index is 1.83. The van der Waals surface area contributed by atoms with Crippen molar-refractivity contribution in [1.82, 2.24) is 9.38 Å². The maximum atomic E-state index is 5.73. The van der Waals surface area contributed by atoms with Crippen molar-refractivity contribution in [3.8, 4) is 0 Å². The van der Waals surface area contributed by atoms with Gasteiger partial charge in [0.2, 0.25) is 0 Å². The lowest BCUT2D eigenvalue weighted by molar-refractivity contribution is 0.878. The van der Waals surface area contributed by atoms with Crippen molar-refractivity contribution in [3.05, 3.63) is 52.7 Å². The molecule has 0 aliphatic rings. The van der Waals surface area contributed by atoms with Crippen LogP contribution in [0.3, 0.4) is 0 Å². The van der Waals surface area contributed by atoms with Crippen LogP contribution >= 0.6 is 23.1 Å². The molecule has 5 heteroatoms. The fraction of sp³-hybridized carbons (Fsp3) is 0.267. The molecule has 0 saturated carbocycles. The normalized spacial score (nSPS) is 11.3. The van der Waals surface area contributed by atoms with Gasteiger partial charge in [-0.05, 0) is 19.0 Å². The minimum absolute atomic E-state index is 0.654. The number of hydrogen-bond donors (Lipinski definition) is 1. The standard InChI is InChI=1S/C15H17N3S2/c1-11-3-2-4-12(9-11)10-20-14-13(5-6-16)18-7-8-19-15(18)17-14/h2-4,7-9H,5-6,10,16H2,1H3. The van der Waals surface area contributed by atoms with Crippen LogP contribution in [0.15, 0.2) is 40.9 Å². The summed E-state index contributed by atoms with van der Waals surface area (Å²) in [5.41, 5.74) is 9.61. The zero-order valence-electron chi connectivity index (χ0n) is 11.4. The summed E-state index contributed by atoms with van der Waals surface area (Å²) in [6.07, 6.45) is 2.95. The quantitative estimate of drug-likeness (QED) is 0.734. The summed E-state index contributed by atoms with van der Waals surface area (Å²) in [5.74, 6) is 0.948. The van der Waals surface area contributed by atoms with Crippen LogP contribution < -0.4 is 5.73 Å². The van der Waals surface area contributed by atoms with Gasteiger partial charge in [-0.2, -0.15) is 0 Å². The van der Waals surface area contributed by atoms with Gasteiger partial charge in [-0.3, -0.25) is 4.40 Å². The van der Waals surface area contributed by atoms with Crippen LogP contribution in [0.4, 0.5) is 0 Å². The lowest BCUT2D eigenvalue weighted by Crippen LogP contribution is -2.05. The van der Waals surface area contributed by atoms with Gasteiger partial charge >= 0.3 is 0 Å². The fourth-order valence-corrected chi connectivity index (χ4v) is 4.04. The number of fused-ring (bicyclic) bond motifs is 1. The predicted molar refractivity (Wildman–Crippen MR) is 86.6 cm³/mol. The monoisotopic (exact) mass is 303 g/mol. The highest BCUT2D eigenvalue weighted by molar-refractivity contribution is 7.98. The molecule has 0 amide bonds. The molecule has 0 aliphatic carbocycles. The van der Waals surface area contributed by atoms with Crippen molar-refractivity contribution in [3.63, 3.8) is 0 Å². The van der Waals surface area contributed by atoms with E-state index in [0.29, 0.717) is 6.54 Å². The van der Waals surface area contributed by atoms with Crippen LogP contribution in [0, 0.1) is 6.92 Å². The topological polar surface area (TPSA) is 43.3 Å². The average Bonchev–Trinajstić information content (AvgIpc) is 3.00. The zero-order valence-corrected chi connectivity index (χ0v) is 13.0. The number of nitrogens with two attached hydrogens (primary N) is 1. The second-order valence-corrected chi connectivity index (χ2v) is 6.57. The molecule has 0 saturated heterocycles. The molecule has 0 aliphatic heterocycles. The Morgan fingerprint density at radius 1 is 1.40 bits per heavy atom. The van der Waals surface area contributed by atoms with Gasteiger partial charge < -0.3 is 5.73 Å². The summed E-state index contributed by atoms with van der Waals surface area (Å²) in [6.45, 7) is 2.78. The van der Waals surface area contributed by atoms with Crippen LogP contribution in [0.2, 0.25) is 0 Å². The summed E-state index contributed by atoms with van der Waals surface area (Å²) >= 11 is 3.47. The molecule has 3 rings (SSSR count). The Hall–Kier alpha value is -1.30. The van der Waals surface area contributed by atoms with Gasteiger partial charge in [0.1, 0.15) is 5.03 Å². The van der Waals surface area contributed by atoms with E-state index in [-0.39, 0.29) is 0 Å². The molecule has 1 aromatic carbocycles.